The zero-order valence-corrected chi connectivity index (χ0v) is 16.8. The monoisotopic (exact) mass is 369 g/mol. The van der Waals surface area contributed by atoms with Gasteiger partial charge in [-0.2, -0.15) is 0 Å². The van der Waals surface area contributed by atoms with Crippen LogP contribution in [0.25, 0.3) is 0 Å². The van der Waals surface area contributed by atoms with E-state index in [1.807, 2.05) is 0 Å². The van der Waals surface area contributed by atoms with E-state index in [9.17, 15) is 0 Å². The summed E-state index contributed by atoms with van der Waals surface area (Å²) in [7, 11) is 0. The Kier molecular flexibility index (Phi) is 6.24. The highest BCUT2D eigenvalue weighted by Crippen LogP contribution is 2.35. The number of benzene rings is 3. The average molecular weight is 370 g/mol. The van der Waals surface area contributed by atoms with Crippen LogP contribution in [-0.4, -0.2) is 17.0 Å². The Hall–Kier alpha value is -2.38. The van der Waals surface area contributed by atoms with Gasteiger partial charge in [0.25, 0.3) is 0 Å². The number of nitrogens with zero attached hydrogens (tertiary/aromatic N) is 1. The van der Waals surface area contributed by atoms with Crippen LogP contribution in [0.2, 0.25) is 0 Å². The molecule has 28 heavy (non-hydrogen) atoms. The summed E-state index contributed by atoms with van der Waals surface area (Å²) in [4.78, 5) is 2.80. The summed E-state index contributed by atoms with van der Waals surface area (Å²) in [6, 6.07) is 33.2. The number of hydrogen-bond acceptors (Lipinski definition) is 1. The van der Waals surface area contributed by atoms with Gasteiger partial charge in [0, 0.05) is 12.1 Å². The summed E-state index contributed by atoms with van der Waals surface area (Å²) in [5.74, 6) is 0. The fraction of sp³-hybridized carbons (Fsp3) is 0.333. The fourth-order valence-corrected chi connectivity index (χ4v) is 4.79. The van der Waals surface area contributed by atoms with E-state index in [4.69, 9.17) is 0 Å². The first kappa shape index (κ1) is 19.0. The van der Waals surface area contributed by atoms with Crippen molar-refractivity contribution in [3.63, 3.8) is 0 Å². The molecule has 1 saturated heterocycles. The average Bonchev–Trinajstić information content (AvgIpc) is 2.93. The minimum atomic E-state index is 0.176. The smallest absolute Gasteiger partial charge is 0.0293 e. The van der Waals surface area contributed by atoms with Crippen molar-refractivity contribution in [2.45, 2.75) is 50.6 Å². The molecule has 1 heteroatoms. The molecule has 0 spiro atoms. The van der Waals surface area contributed by atoms with Gasteiger partial charge in [0.1, 0.15) is 0 Å². The molecule has 0 unspecified atom stereocenters. The van der Waals surface area contributed by atoms with E-state index in [0.717, 1.165) is 19.4 Å². The SMILES string of the molecule is c1ccc(CN2CCCCCC2(Cc2ccccc2)Cc2ccccc2)cc1. The van der Waals surface area contributed by atoms with Crippen molar-refractivity contribution in [2.75, 3.05) is 6.54 Å². The Bertz CT molecular complexity index is 784. The lowest BCUT2D eigenvalue weighted by Gasteiger charge is -2.44. The maximum atomic E-state index is 2.80. The maximum Gasteiger partial charge on any atom is 0.0293 e. The van der Waals surface area contributed by atoms with Crippen LogP contribution in [0.3, 0.4) is 0 Å². The first-order valence-electron chi connectivity index (χ1n) is 10.7. The molecule has 0 atom stereocenters. The lowest BCUT2D eigenvalue weighted by atomic mass is 9.79. The normalized spacial score (nSPS) is 17.1. The number of likely N-dealkylation sites (tertiary alicyclic amines) is 1. The highest BCUT2D eigenvalue weighted by molar-refractivity contribution is 5.24. The van der Waals surface area contributed by atoms with Gasteiger partial charge in [-0.15, -0.1) is 0 Å². The lowest BCUT2D eigenvalue weighted by Crippen LogP contribution is -2.51. The topological polar surface area (TPSA) is 3.24 Å². The summed E-state index contributed by atoms with van der Waals surface area (Å²) in [5.41, 5.74) is 4.52. The van der Waals surface area contributed by atoms with Gasteiger partial charge in [-0.1, -0.05) is 104 Å². The second-order valence-corrected chi connectivity index (χ2v) is 8.27. The molecule has 0 saturated carbocycles. The lowest BCUT2D eigenvalue weighted by molar-refractivity contribution is 0.0789. The van der Waals surface area contributed by atoms with Gasteiger partial charge >= 0.3 is 0 Å². The van der Waals surface area contributed by atoms with Crippen LogP contribution < -0.4 is 0 Å². The molecule has 0 aromatic heterocycles. The van der Waals surface area contributed by atoms with Crippen LogP contribution in [-0.2, 0) is 19.4 Å². The van der Waals surface area contributed by atoms with Crippen molar-refractivity contribution in [1.82, 2.24) is 4.90 Å². The molecule has 1 fully saturated rings. The van der Waals surface area contributed by atoms with Crippen molar-refractivity contribution in [1.29, 1.82) is 0 Å². The Morgan fingerprint density at radius 2 is 1.07 bits per heavy atom. The van der Waals surface area contributed by atoms with Gasteiger partial charge in [-0.25, -0.2) is 0 Å². The molecule has 4 rings (SSSR count). The van der Waals surface area contributed by atoms with E-state index in [1.165, 1.54) is 48.9 Å². The van der Waals surface area contributed by atoms with Gasteiger partial charge in [-0.05, 0) is 48.9 Å². The summed E-state index contributed by atoms with van der Waals surface area (Å²) >= 11 is 0. The Morgan fingerprint density at radius 3 is 1.61 bits per heavy atom. The molecular weight excluding hydrogens is 338 g/mol. The van der Waals surface area contributed by atoms with Crippen molar-refractivity contribution in [3.05, 3.63) is 108 Å². The quantitative estimate of drug-likeness (QED) is 0.494. The molecule has 0 radical (unpaired) electrons. The van der Waals surface area contributed by atoms with Gasteiger partial charge in [0.2, 0.25) is 0 Å². The maximum absolute atomic E-state index is 2.80. The fourth-order valence-electron chi connectivity index (χ4n) is 4.79. The summed E-state index contributed by atoms with van der Waals surface area (Å²) < 4.78 is 0. The molecule has 144 valence electrons. The minimum Gasteiger partial charge on any atom is -0.293 e. The van der Waals surface area contributed by atoms with E-state index in [2.05, 4.69) is 95.9 Å². The predicted octanol–water partition coefficient (Wildman–Crippen LogP) is 6.29. The molecule has 1 heterocycles. The van der Waals surface area contributed by atoms with E-state index in [1.54, 1.807) is 0 Å². The molecule has 3 aromatic rings. The van der Waals surface area contributed by atoms with E-state index >= 15 is 0 Å². The van der Waals surface area contributed by atoms with Gasteiger partial charge in [0.15, 0.2) is 0 Å². The predicted molar refractivity (Wildman–Crippen MR) is 118 cm³/mol. The third-order valence-electron chi connectivity index (χ3n) is 6.21. The highest BCUT2D eigenvalue weighted by Gasteiger charge is 2.37. The summed E-state index contributed by atoms with van der Waals surface area (Å²) in [5, 5.41) is 0. The van der Waals surface area contributed by atoms with Crippen LogP contribution in [0.5, 0.6) is 0 Å². The van der Waals surface area contributed by atoms with Crippen LogP contribution in [0.1, 0.15) is 42.4 Å². The Labute approximate surface area is 170 Å². The largest absolute Gasteiger partial charge is 0.293 e. The van der Waals surface area contributed by atoms with Crippen molar-refractivity contribution < 1.29 is 0 Å². The molecule has 1 aliphatic rings. The second kappa shape index (κ2) is 9.21. The Balaban J connectivity index is 1.70. The highest BCUT2D eigenvalue weighted by atomic mass is 15.2. The van der Waals surface area contributed by atoms with Crippen molar-refractivity contribution in [3.8, 4) is 0 Å². The third kappa shape index (κ3) is 4.72. The zero-order valence-electron chi connectivity index (χ0n) is 16.8. The van der Waals surface area contributed by atoms with Crippen molar-refractivity contribution in [2.24, 2.45) is 0 Å². The third-order valence-corrected chi connectivity index (χ3v) is 6.21. The molecule has 1 aliphatic heterocycles. The second-order valence-electron chi connectivity index (χ2n) is 8.27. The molecule has 3 aromatic carbocycles. The molecule has 0 aliphatic carbocycles. The van der Waals surface area contributed by atoms with Gasteiger partial charge in [-0.3, -0.25) is 4.90 Å². The van der Waals surface area contributed by atoms with E-state index in [-0.39, 0.29) is 5.54 Å². The van der Waals surface area contributed by atoms with E-state index in [0.29, 0.717) is 0 Å². The van der Waals surface area contributed by atoms with Crippen LogP contribution in [0.15, 0.2) is 91.0 Å². The zero-order chi connectivity index (χ0) is 19.1. The first-order chi connectivity index (χ1) is 13.8. The van der Waals surface area contributed by atoms with Gasteiger partial charge < -0.3 is 0 Å². The summed E-state index contributed by atoms with van der Waals surface area (Å²) in [6.45, 7) is 2.23. The Morgan fingerprint density at radius 1 is 0.571 bits per heavy atom. The number of hydrogen-bond donors (Lipinski definition) is 0. The van der Waals surface area contributed by atoms with E-state index < -0.39 is 0 Å². The molecule has 0 bridgehead atoms. The standard InChI is InChI=1S/C27H31N/c1-5-13-24(14-6-1)21-27(22-25-15-7-2-8-16-25)19-11-4-12-20-28(27)23-26-17-9-3-10-18-26/h1-3,5-10,13-18H,4,11-12,19-23H2. The number of rotatable bonds is 6. The molecule has 0 N–H and O–H groups in total. The van der Waals surface area contributed by atoms with Crippen LogP contribution in [0, 0.1) is 0 Å². The minimum absolute atomic E-state index is 0.176. The summed E-state index contributed by atoms with van der Waals surface area (Å²) in [6.07, 6.45) is 7.48. The van der Waals surface area contributed by atoms with Gasteiger partial charge in [0.05, 0.1) is 0 Å². The molecule has 1 nitrogen and oxygen atoms in total. The van der Waals surface area contributed by atoms with Crippen LogP contribution >= 0.6 is 0 Å². The molecular formula is C27H31N. The van der Waals surface area contributed by atoms with Crippen LogP contribution in [0.4, 0.5) is 0 Å². The molecule has 0 amide bonds. The first-order valence-corrected chi connectivity index (χ1v) is 10.7. The van der Waals surface area contributed by atoms with Crippen molar-refractivity contribution >= 4 is 0 Å².